The highest BCUT2D eigenvalue weighted by molar-refractivity contribution is 7.89. The van der Waals surface area contributed by atoms with Crippen LogP contribution in [0.5, 0.6) is 5.75 Å². The van der Waals surface area contributed by atoms with Crippen LogP contribution in [0.15, 0.2) is 23.1 Å². The fourth-order valence-electron chi connectivity index (χ4n) is 2.95. The van der Waals surface area contributed by atoms with Crippen LogP contribution in [0.25, 0.3) is 0 Å². The Balaban J connectivity index is 2.19. The molecule has 1 aromatic rings. The molecule has 1 aromatic carbocycles. The van der Waals surface area contributed by atoms with Crippen molar-refractivity contribution in [1.29, 1.82) is 0 Å². The van der Waals surface area contributed by atoms with Gasteiger partial charge in [-0.2, -0.15) is 4.31 Å². The summed E-state index contributed by atoms with van der Waals surface area (Å²) in [4.78, 5) is 12.6. The van der Waals surface area contributed by atoms with Crippen LogP contribution in [0, 0.1) is 6.92 Å². The first-order chi connectivity index (χ1) is 11.9. The third-order valence-corrected chi connectivity index (χ3v) is 6.36. The fraction of sp³-hybridized carbons (Fsp3) is 0.588. The number of nitrogens with zero attached hydrogens (tertiary/aromatic N) is 1. The Morgan fingerprint density at radius 3 is 2.80 bits per heavy atom. The Hall–Kier alpha value is -1.64. The zero-order valence-electron chi connectivity index (χ0n) is 14.9. The van der Waals surface area contributed by atoms with E-state index < -0.39 is 16.1 Å². The lowest BCUT2D eigenvalue weighted by molar-refractivity contribution is -0.124. The summed E-state index contributed by atoms with van der Waals surface area (Å²) in [6, 6.07) is 4.27. The fourth-order valence-corrected chi connectivity index (χ4v) is 4.85. The van der Waals surface area contributed by atoms with Crippen molar-refractivity contribution in [3.8, 4) is 5.75 Å². The van der Waals surface area contributed by atoms with E-state index in [1.165, 1.54) is 17.5 Å². The molecule has 1 amide bonds. The van der Waals surface area contributed by atoms with Crippen molar-refractivity contribution in [2.75, 3.05) is 33.9 Å². The summed E-state index contributed by atoms with van der Waals surface area (Å²) >= 11 is 0. The minimum Gasteiger partial charge on any atom is -0.497 e. The number of sulfonamides is 1. The number of carbonyl (C=O) groups excluding carboxylic acids is 1. The second kappa shape index (κ2) is 8.64. The Kier molecular flexibility index (Phi) is 6.80. The van der Waals surface area contributed by atoms with Crippen molar-refractivity contribution < 1.29 is 22.7 Å². The van der Waals surface area contributed by atoms with E-state index in [0.29, 0.717) is 50.3 Å². The van der Waals surface area contributed by atoms with Gasteiger partial charge in [-0.05, 0) is 37.8 Å². The number of rotatable bonds is 8. The summed E-state index contributed by atoms with van der Waals surface area (Å²) in [5.41, 5.74) is 0.631. The van der Waals surface area contributed by atoms with Crippen LogP contribution in [0.3, 0.4) is 0 Å². The van der Waals surface area contributed by atoms with E-state index >= 15 is 0 Å². The minimum atomic E-state index is -3.76. The molecule has 0 unspecified atom stereocenters. The normalized spacial score (nSPS) is 18.3. The maximum absolute atomic E-state index is 13.1. The lowest BCUT2D eigenvalue weighted by Gasteiger charge is -2.24. The molecule has 25 heavy (non-hydrogen) atoms. The Labute approximate surface area is 149 Å². The number of methoxy groups -OCH3 is 2. The molecule has 0 aliphatic carbocycles. The maximum atomic E-state index is 13.1. The number of amides is 1. The van der Waals surface area contributed by atoms with E-state index in [-0.39, 0.29) is 10.8 Å². The largest absolute Gasteiger partial charge is 0.497 e. The number of benzene rings is 1. The second-order valence-corrected chi connectivity index (χ2v) is 7.90. The molecule has 2 rings (SSSR count). The van der Waals surface area contributed by atoms with Gasteiger partial charge >= 0.3 is 0 Å². The monoisotopic (exact) mass is 370 g/mol. The van der Waals surface area contributed by atoms with Gasteiger partial charge in [-0.15, -0.1) is 0 Å². The van der Waals surface area contributed by atoms with Gasteiger partial charge in [0.25, 0.3) is 0 Å². The Morgan fingerprint density at radius 2 is 2.12 bits per heavy atom. The summed E-state index contributed by atoms with van der Waals surface area (Å²) in [7, 11) is -0.670. The predicted octanol–water partition coefficient (Wildman–Crippen LogP) is 1.31. The number of nitrogens with one attached hydrogen (secondary N) is 1. The third kappa shape index (κ3) is 4.50. The highest BCUT2D eigenvalue weighted by atomic mass is 32.2. The molecule has 1 fully saturated rings. The molecule has 1 heterocycles. The summed E-state index contributed by atoms with van der Waals surface area (Å²) in [5, 5.41) is 2.80. The van der Waals surface area contributed by atoms with Crippen LogP contribution in [0.1, 0.15) is 24.8 Å². The van der Waals surface area contributed by atoms with Gasteiger partial charge in [-0.3, -0.25) is 4.79 Å². The molecular weight excluding hydrogens is 344 g/mol. The average Bonchev–Trinajstić information content (AvgIpc) is 3.09. The lowest BCUT2D eigenvalue weighted by Crippen LogP contribution is -2.46. The van der Waals surface area contributed by atoms with Crippen LogP contribution in [-0.4, -0.2) is 58.6 Å². The third-order valence-electron chi connectivity index (χ3n) is 4.31. The van der Waals surface area contributed by atoms with Gasteiger partial charge in [0.1, 0.15) is 11.8 Å². The molecule has 1 aliphatic rings. The standard InChI is InChI=1S/C17H26N2O5S/c1-13-7-8-14(24-3)12-16(13)25(21,22)19-10-4-6-15(19)17(20)18-9-5-11-23-2/h7-8,12,15H,4-6,9-11H2,1-3H3,(H,18,20)/t15-/m0/s1. The maximum Gasteiger partial charge on any atom is 0.244 e. The summed E-state index contributed by atoms with van der Waals surface area (Å²) in [5.74, 6) is 0.224. The van der Waals surface area contributed by atoms with E-state index in [4.69, 9.17) is 9.47 Å². The molecule has 1 atom stereocenters. The van der Waals surface area contributed by atoms with E-state index in [0.717, 1.165) is 0 Å². The molecule has 0 spiro atoms. The van der Waals surface area contributed by atoms with Crippen LogP contribution in [0.2, 0.25) is 0 Å². The summed E-state index contributed by atoms with van der Waals surface area (Å²) in [6.07, 6.45) is 1.88. The van der Waals surface area contributed by atoms with Crippen LogP contribution >= 0.6 is 0 Å². The summed E-state index contributed by atoms with van der Waals surface area (Å²) < 4.78 is 37.6. The first kappa shape index (κ1) is 19.7. The molecule has 1 saturated heterocycles. The van der Waals surface area contributed by atoms with Gasteiger partial charge in [0.15, 0.2) is 0 Å². The quantitative estimate of drug-likeness (QED) is 0.698. The van der Waals surface area contributed by atoms with E-state index in [9.17, 15) is 13.2 Å². The zero-order chi connectivity index (χ0) is 18.4. The highest BCUT2D eigenvalue weighted by Crippen LogP contribution is 2.30. The predicted molar refractivity (Wildman–Crippen MR) is 94.1 cm³/mol. The lowest BCUT2D eigenvalue weighted by atomic mass is 10.2. The molecule has 1 N–H and O–H groups in total. The smallest absolute Gasteiger partial charge is 0.244 e. The number of hydrogen-bond donors (Lipinski definition) is 1. The van der Waals surface area contributed by atoms with Gasteiger partial charge in [0.2, 0.25) is 15.9 Å². The number of carbonyl (C=O) groups is 1. The molecule has 0 saturated carbocycles. The second-order valence-electron chi connectivity index (χ2n) is 6.04. The number of aryl methyl sites for hydroxylation is 1. The minimum absolute atomic E-state index is 0.186. The molecule has 8 heteroatoms. The van der Waals surface area contributed by atoms with Crippen LogP contribution in [-0.2, 0) is 19.6 Å². The van der Waals surface area contributed by atoms with Crippen molar-refractivity contribution >= 4 is 15.9 Å². The van der Waals surface area contributed by atoms with Crippen LogP contribution < -0.4 is 10.1 Å². The topological polar surface area (TPSA) is 84.9 Å². The Bertz CT molecular complexity index is 705. The first-order valence-electron chi connectivity index (χ1n) is 8.35. The Morgan fingerprint density at radius 1 is 1.36 bits per heavy atom. The van der Waals surface area contributed by atoms with Gasteiger partial charge in [-0.25, -0.2) is 8.42 Å². The number of hydrogen-bond acceptors (Lipinski definition) is 5. The molecular formula is C17H26N2O5S. The van der Waals surface area contributed by atoms with Crippen LogP contribution in [0.4, 0.5) is 0 Å². The van der Waals surface area contributed by atoms with Gasteiger partial charge in [0, 0.05) is 32.9 Å². The first-order valence-corrected chi connectivity index (χ1v) is 9.79. The van der Waals surface area contributed by atoms with Gasteiger partial charge in [0.05, 0.1) is 12.0 Å². The molecule has 0 aromatic heterocycles. The molecule has 7 nitrogen and oxygen atoms in total. The summed E-state index contributed by atoms with van der Waals surface area (Å²) in [6.45, 7) is 3.10. The van der Waals surface area contributed by atoms with Crippen molar-refractivity contribution in [2.45, 2.75) is 37.1 Å². The van der Waals surface area contributed by atoms with Crippen molar-refractivity contribution in [3.63, 3.8) is 0 Å². The van der Waals surface area contributed by atoms with Crippen molar-refractivity contribution in [3.05, 3.63) is 23.8 Å². The molecule has 0 radical (unpaired) electrons. The molecule has 1 aliphatic heterocycles. The average molecular weight is 370 g/mol. The van der Waals surface area contributed by atoms with Gasteiger partial charge < -0.3 is 14.8 Å². The van der Waals surface area contributed by atoms with Crippen molar-refractivity contribution in [2.24, 2.45) is 0 Å². The molecule has 140 valence electrons. The zero-order valence-corrected chi connectivity index (χ0v) is 15.8. The van der Waals surface area contributed by atoms with E-state index in [2.05, 4.69) is 5.32 Å². The van der Waals surface area contributed by atoms with Crippen molar-refractivity contribution in [1.82, 2.24) is 9.62 Å². The van der Waals surface area contributed by atoms with E-state index in [1.807, 2.05) is 0 Å². The number of ether oxygens (including phenoxy) is 2. The molecule has 0 bridgehead atoms. The van der Waals surface area contributed by atoms with E-state index in [1.54, 1.807) is 26.2 Å². The SMILES string of the molecule is COCCCNC(=O)[C@@H]1CCCN1S(=O)(=O)c1cc(OC)ccc1C. The highest BCUT2D eigenvalue weighted by Gasteiger charge is 2.39. The van der Waals surface area contributed by atoms with Gasteiger partial charge in [-0.1, -0.05) is 6.07 Å².